The molecule has 0 fully saturated rings. The fourth-order valence-corrected chi connectivity index (χ4v) is 2.14. The van der Waals surface area contributed by atoms with Gasteiger partial charge in [0.05, 0.1) is 11.0 Å². The lowest BCUT2D eigenvalue weighted by molar-refractivity contribution is -0.384. The summed E-state index contributed by atoms with van der Waals surface area (Å²) in [4.78, 5) is 26.2. The van der Waals surface area contributed by atoms with Crippen molar-refractivity contribution in [2.45, 2.75) is 0 Å². The zero-order valence-corrected chi connectivity index (χ0v) is 12.8. The third kappa shape index (κ3) is 3.78. The molecule has 0 aliphatic heterocycles. The van der Waals surface area contributed by atoms with Gasteiger partial charge in [0, 0.05) is 12.1 Å². The highest BCUT2D eigenvalue weighted by Crippen LogP contribution is 2.18. The van der Waals surface area contributed by atoms with Crippen molar-refractivity contribution in [2.24, 2.45) is 0 Å². The van der Waals surface area contributed by atoms with E-state index in [9.17, 15) is 20.0 Å². The standard InChI is InChI=1S/C18H12N2O5/c21-14(8-6-12-4-2-1-3-5-12)11-16-18(22)25-17-10-13(20(23)24)7-9-15(17)19-16/h1-11,21H/b8-6-,14-11?. The zero-order valence-electron chi connectivity index (χ0n) is 12.8. The van der Waals surface area contributed by atoms with Gasteiger partial charge in [0.15, 0.2) is 11.3 Å². The number of hydrogen-bond acceptors (Lipinski definition) is 6. The first-order valence-corrected chi connectivity index (χ1v) is 7.26. The Labute approximate surface area is 141 Å². The normalized spacial score (nSPS) is 11.9. The second-order valence-electron chi connectivity index (χ2n) is 5.11. The summed E-state index contributed by atoms with van der Waals surface area (Å²) in [6.45, 7) is 0. The number of fused-ring (bicyclic) bond motifs is 1. The molecule has 0 radical (unpaired) electrons. The Kier molecular flexibility index (Phi) is 4.38. The van der Waals surface area contributed by atoms with Gasteiger partial charge in [-0.1, -0.05) is 36.4 Å². The van der Waals surface area contributed by atoms with Crippen molar-refractivity contribution in [3.63, 3.8) is 0 Å². The molecule has 1 heterocycles. The van der Waals surface area contributed by atoms with Crippen LogP contribution in [0.2, 0.25) is 0 Å². The van der Waals surface area contributed by atoms with Crippen LogP contribution in [0.25, 0.3) is 23.3 Å². The molecule has 25 heavy (non-hydrogen) atoms. The average molecular weight is 336 g/mol. The van der Waals surface area contributed by atoms with E-state index < -0.39 is 10.5 Å². The maximum absolute atomic E-state index is 11.9. The second-order valence-corrected chi connectivity index (χ2v) is 5.11. The summed E-state index contributed by atoms with van der Waals surface area (Å²) in [5.74, 6) is -0.176. The summed E-state index contributed by atoms with van der Waals surface area (Å²) in [5.41, 5.74) is 0.0684. The number of hydrogen-bond donors (Lipinski definition) is 1. The van der Waals surface area contributed by atoms with Crippen molar-refractivity contribution in [1.82, 2.24) is 4.98 Å². The number of aliphatic hydroxyl groups is 1. The predicted octanol–water partition coefficient (Wildman–Crippen LogP) is 3.71. The van der Waals surface area contributed by atoms with E-state index in [4.69, 9.17) is 4.42 Å². The number of non-ortho nitro benzene ring substituents is 1. The molecule has 0 atom stereocenters. The quantitative estimate of drug-likeness (QED) is 0.337. The van der Waals surface area contributed by atoms with Crippen molar-refractivity contribution in [2.75, 3.05) is 0 Å². The Hall–Kier alpha value is -3.74. The maximum atomic E-state index is 11.9. The summed E-state index contributed by atoms with van der Waals surface area (Å²) in [6.07, 6.45) is 4.28. The fraction of sp³-hybridized carbons (Fsp3) is 0. The van der Waals surface area contributed by atoms with E-state index in [1.807, 2.05) is 30.3 Å². The van der Waals surface area contributed by atoms with Crippen LogP contribution in [0.3, 0.4) is 0 Å². The lowest BCUT2D eigenvalue weighted by atomic mass is 10.2. The van der Waals surface area contributed by atoms with Crippen LogP contribution in [0.15, 0.2) is 69.6 Å². The number of benzene rings is 2. The van der Waals surface area contributed by atoms with Crippen LogP contribution in [0.4, 0.5) is 5.69 Å². The Morgan fingerprint density at radius 3 is 2.68 bits per heavy atom. The number of nitro benzene ring substituents is 1. The molecule has 0 spiro atoms. The minimum absolute atomic E-state index is 0.00988. The third-order valence-electron chi connectivity index (χ3n) is 3.34. The molecule has 1 aromatic heterocycles. The van der Waals surface area contributed by atoms with Crippen molar-refractivity contribution >= 4 is 28.9 Å². The van der Waals surface area contributed by atoms with Gasteiger partial charge in [0.2, 0.25) is 0 Å². The Balaban J connectivity index is 1.94. The first kappa shape index (κ1) is 16.1. The topological polar surface area (TPSA) is 106 Å². The predicted molar refractivity (Wildman–Crippen MR) is 93.0 cm³/mol. The minimum Gasteiger partial charge on any atom is -0.508 e. The molecule has 0 aliphatic rings. The van der Waals surface area contributed by atoms with Crippen molar-refractivity contribution in [3.8, 4) is 0 Å². The molecule has 3 rings (SSSR count). The molecule has 2 aromatic carbocycles. The summed E-state index contributed by atoms with van der Waals surface area (Å²) in [6, 6.07) is 13.1. The summed E-state index contributed by atoms with van der Waals surface area (Å²) >= 11 is 0. The summed E-state index contributed by atoms with van der Waals surface area (Å²) in [7, 11) is 0. The number of rotatable bonds is 4. The van der Waals surface area contributed by atoms with Crippen LogP contribution < -0.4 is 5.63 Å². The molecular formula is C18H12N2O5. The summed E-state index contributed by atoms with van der Waals surface area (Å²) < 4.78 is 5.04. The monoisotopic (exact) mass is 336 g/mol. The van der Waals surface area contributed by atoms with Crippen LogP contribution in [0.5, 0.6) is 0 Å². The van der Waals surface area contributed by atoms with E-state index in [0.29, 0.717) is 0 Å². The van der Waals surface area contributed by atoms with Crippen LogP contribution in [0, 0.1) is 10.1 Å². The molecule has 0 aliphatic carbocycles. The number of nitrogens with zero attached hydrogens (tertiary/aromatic N) is 2. The van der Waals surface area contributed by atoms with Gasteiger partial charge >= 0.3 is 5.63 Å². The molecule has 124 valence electrons. The van der Waals surface area contributed by atoms with Gasteiger partial charge < -0.3 is 9.52 Å². The minimum atomic E-state index is -0.798. The fourth-order valence-electron chi connectivity index (χ4n) is 2.14. The number of aromatic nitrogens is 1. The number of nitro groups is 1. The van der Waals surface area contributed by atoms with Gasteiger partial charge in [-0.15, -0.1) is 0 Å². The van der Waals surface area contributed by atoms with Crippen LogP contribution in [-0.4, -0.2) is 15.0 Å². The van der Waals surface area contributed by atoms with Crippen molar-refractivity contribution in [1.29, 1.82) is 0 Å². The van der Waals surface area contributed by atoms with Crippen molar-refractivity contribution < 1.29 is 14.4 Å². The van der Waals surface area contributed by atoms with E-state index in [2.05, 4.69) is 4.98 Å². The largest absolute Gasteiger partial charge is 0.508 e. The van der Waals surface area contributed by atoms with Crippen molar-refractivity contribution in [3.05, 3.63) is 92.2 Å². The molecular weight excluding hydrogens is 324 g/mol. The van der Waals surface area contributed by atoms with Crippen LogP contribution in [-0.2, 0) is 0 Å². The lowest BCUT2D eigenvalue weighted by Gasteiger charge is -1.98. The molecule has 7 nitrogen and oxygen atoms in total. The van der Waals surface area contributed by atoms with E-state index in [-0.39, 0.29) is 28.2 Å². The SMILES string of the molecule is O=c1oc2cc([N+](=O)[O-])ccc2nc1C=C(O)/C=C\c1ccccc1. The van der Waals surface area contributed by atoms with Crippen LogP contribution in [0.1, 0.15) is 11.3 Å². The Morgan fingerprint density at radius 1 is 1.20 bits per heavy atom. The van der Waals surface area contributed by atoms with E-state index in [0.717, 1.165) is 11.6 Å². The van der Waals surface area contributed by atoms with Gasteiger partial charge in [0.25, 0.3) is 5.69 Å². The molecule has 0 saturated heterocycles. The van der Waals surface area contributed by atoms with Gasteiger partial charge in [-0.25, -0.2) is 9.78 Å². The average Bonchev–Trinajstić information content (AvgIpc) is 2.61. The highest BCUT2D eigenvalue weighted by molar-refractivity contribution is 5.75. The van der Waals surface area contributed by atoms with Gasteiger partial charge in [-0.3, -0.25) is 10.1 Å². The van der Waals surface area contributed by atoms with E-state index in [1.54, 1.807) is 6.08 Å². The first-order chi connectivity index (χ1) is 12.0. The second kappa shape index (κ2) is 6.79. The zero-order chi connectivity index (χ0) is 17.8. The molecule has 7 heteroatoms. The lowest BCUT2D eigenvalue weighted by Crippen LogP contribution is -2.06. The smallest absolute Gasteiger partial charge is 0.362 e. The molecule has 0 unspecified atom stereocenters. The molecule has 0 saturated carbocycles. The number of aliphatic hydroxyl groups excluding tert-OH is 1. The first-order valence-electron chi connectivity index (χ1n) is 7.26. The maximum Gasteiger partial charge on any atom is 0.362 e. The molecule has 1 N–H and O–H groups in total. The molecule has 0 amide bonds. The highest BCUT2D eigenvalue weighted by atomic mass is 16.6. The third-order valence-corrected chi connectivity index (χ3v) is 3.34. The van der Waals surface area contributed by atoms with E-state index >= 15 is 0 Å². The Bertz CT molecular complexity index is 1050. The van der Waals surface area contributed by atoms with Gasteiger partial charge in [-0.2, -0.15) is 0 Å². The van der Waals surface area contributed by atoms with Gasteiger partial charge in [0.1, 0.15) is 11.3 Å². The molecule has 3 aromatic rings. The molecule has 0 bridgehead atoms. The summed E-state index contributed by atoms with van der Waals surface area (Å²) in [5, 5.41) is 20.7. The van der Waals surface area contributed by atoms with Crippen LogP contribution >= 0.6 is 0 Å². The number of allylic oxidation sites excluding steroid dienone is 1. The highest BCUT2D eigenvalue weighted by Gasteiger charge is 2.11. The van der Waals surface area contributed by atoms with E-state index in [1.165, 1.54) is 24.3 Å². The Morgan fingerprint density at radius 2 is 1.96 bits per heavy atom. The van der Waals surface area contributed by atoms with Gasteiger partial charge in [-0.05, 0) is 17.7 Å².